The molecule has 0 N–H and O–H groups in total. The maximum atomic E-state index is 13.3. The van der Waals surface area contributed by atoms with E-state index in [1.165, 1.54) is 31.4 Å². The molecule has 0 bridgehead atoms. The molecule has 2 saturated heterocycles. The minimum Gasteiger partial charge on any atom is -0.447 e. The molecule has 156 valence electrons. The topological polar surface area (TPSA) is 42.0 Å². The highest BCUT2D eigenvalue weighted by Crippen LogP contribution is 2.32. The van der Waals surface area contributed by atoms with Crippen molar-refractivity contribution in [3.63, 3.8) is 0 Å². The van der Waals surface area contributed by atoms with Gasteiger partial charge in [-0.15, -0.1) is 0 Å². The van der Waals surface area contributed by atoms with Crippen molar-refractivity contribution in [3.05, 3.63) is 34.6 Å². The molecule has 1 aromatic carbocycles. The lowest BCUT2D eigenvalue weighted by Gasteiger charge is -2.43. The third kappa shape index (κ3) is 5.58. The van der Waals surface area contributed by atoms with E-state index in [1.807, 2.05) is 0 Å². The van der Waals surface area contributed by atoms with Crippen LogP contribution in [0.4, 0.5) is 9.18 Å². The number of piperidine rings is 2. The van der Waals surface area contributed by atoms with E-state index < -0.39 is 0 Å². The van der Waals surface area contributed by atoms with Crippen molar-refractivity contribution in [2.75, 3.05) is 40.0 Å². The van der Waals surface area contributed by atoms with Gasteiger partial charge in [0.2, 0.25) is 0 Å². The first-order chi connectivity index (χ1) is 13.6. The highest BCUT2D eigenvalue weighted by atomic mass is 35.5. The fourth-order valence-corrected chi connectivity index (χ4v) is 4.61. The largest absolute Gasteiger partial charge is 0.447 e. The molecule has 2 fully saturated rings. The second kappa shape index (κ2) is 10.4. The second-order valence-electron chi connectivity index (χ2n) is 7.70. The molecule has 0 aromatic heterocycles. The number of carbonyl (C=O) groups is 1. The maximum absolute atomic E-state index is 13.3. The molecule has 7 heteroatoms. The maximum Gasteiger partial charge on any atom is 0.409 e. The summed E-state index contributed by atoms with van der Waals surface area (Å²) in [5.41, 5.74) is 0.981. The number of hydrogen-bond donors (Lipinski definition) is 0. The Hall–Kier alpha value is -1.37. The number of ether oxygens (including phenoxy) is 2. The van der Waals surface area contributed by atoms with Crippen LogP contribution in [0.5, 0.6) is 0 Å². The van der Waals surface area contributed by atoms with Crippen molar-refractivity contribution >= 4 is 17.7 Å². The van der Waals surface area contributed by atoms with Gasteiger partial charge in [0.25, 0.3) is 0 Å². The Kier molecular flexibility index (Phi) is 7.94. The number of hydrogen-bond acceptors (Lipinski definition) is 4. The first-order valence-corrected chi connectivity index (χ1v) is 10.5. The lowest BCUT2D eigenvalue weighted by molar-refractivity contribution is 0.0387. The van der Waals surface area contributed by atoms with E-state index in [0.717, 1.165) is 44.6 Å². The summed E-state index contributed by atoms with van der Waals surface area (Å²) in [5, 5.41) is 0.498. The molecule has 0 aliphatic carbocycles. The number of rotatable bonds is 6. The zero-order valence-electron chi connectivity index (χ0n) is 16.5. The van der Waals surface area contributed by atoms with Crippen molar-refractivity contribution < 1.29 is 18.7 Å². The summed E-state index contributed by atoms with van der Waals surface area (Å²) in [6.07, 6.45) is 5.31. The van der Waals surface area contributed by atoms with Crippen molar-refractivity contribution in [1.82, 2.24) is 9.80 Å². The van der Waals surface area contributed by atoms with Crippen LogP contribution in [-0.4, -0.2) is 61.9 Å². The van der Waals surface area contributed by atoms with Gasteiger partial charge in [-0.1, -0.05) is 24.1 Å². The first-order valence-electron chi connectivity index (χ1n) is 10.2. The van der Waals surface area contributed by atoms with Gasteiger partial charge in [0.15, 0.2) is 0 Å². The van der Waals surface area contributed by atoms with Gasteiger partial charge in [0.1, 0.15) is 12.4 Å². The minimum absolute atomic E-state index is 0.242. The van der Waals surface area contributed by atoms with Crippen LogP contribution in [-0.2, 0) is 16.0 Å². The predicted molar refractivity (Wildman–Crippen MR) is 107 cm³/mol. The Labute approximate surface area is 171 Å². The van der Waals surface area contributed by atoms with Crippen molar-refractivity contribution in [1.29, 1.82) is 0 Å². The van der Waals surface area contributed by atoms with Crippen LogP contribution in [0.2, 0.25) is 5.02 Å². The summed E-state index contributed by atoms with van der Waals surface area (Å²) in [5.74, 6) is 0.260. The number of nitrogens with zero attached hydrogens (tertiary/aromatic N) is 2. The number of likely N-dealkylation sites (tertiary alicyclic amines) is 2. The van der Waals surface area contributed by atoms with Gasteiger partial charge in [-0.2, -0.15) is 0 Å². The van der Waals surface area contributed by atoms with E-state index in [2.05, 4.69) is 4.90 Å². The van der Waals surface area contributed by atoms with Crippen LogP contribution in [0.15, 0.2) is 18.2 Å². The average molecular weight is 413 g/mol. The number of benzene rings is 1. The molecular weight excluding hydrogens is 383 g/mol. The normalized spacial score (nSPS) is 21.7. The molecule has 2 aliphatic rings. The smallest absolute Gasteiger partial charge is 0.409 e. The molecule has 0 spiro atoms. The van der Waals surface area contributed by atoms with Crippen molar-refractivity contribution in [3.8, 4) is 0 Å². The lowest BCUT2D eigenvalue weighted by Crippen LogP contribution is -2.48. The number of halogens is 2. The van der Waals surface area contributed by atoms with E-state index in [1.54, 1.807) is 18.1 Å². The van der Waals surface area contributed by atoms with Gasteiger partial charge in [0.05, 0.1) is 6.61 Å². The molecular formula is C21H30ClFN2O3. The molecule has 0 radical (unpaired) electrons. The van der Waals surface area contributed by atoms with Crippen LogP contribution in [0.1, 0.15) is 37.7 Å². The molecule has 2 heterocycles. The van der Waals surface area contributed by atoms with Crippen LogP contribution in [0.25, 0.3) is 0 Å². The third-order valence-corrected chi connectivity index (χ3v) is 6.26. The summed E-state index contributed by atoms with van der Waals surface area (Å²) in [7, 11) is 1.59. The molecule has 28 heavy (non-hydrogen) atoms. The summed E-state index contributed by atoms with van der Waals surface area (Å²) >= 11 is 6.25. The SMILES string of the molecule is COCCOC(=O)N1CCC(C2CCCCN2Cc2ccc(F)cc2Cl)CC1. The van der Waals surface area contributed by atoms with Gasteiger partial charge in [-0.25, -0.2) is 9.18 Å². The summed E-state index contributed by atoms with van der Waals surface area (Å²) < 4.78 is 23.5. The highest BCUT2D eigenvalue weighted by Gasteiger charge is 2.33. The summed E-state index contributed by atoms with van der Waals surface area (Å²) in [4.78, 5) is 16.4. The van der Waals surface area contributed by atoms with Crippen LogP contribution < -0.4 is 0 Å². The molecule has 2 aliphatic heterocycles. The van der Waals surface area contributed by atoms with E-state index in [4.69, 9.17) is 21.1 Å². The molecule has 1 unspecified atom stereocenters. The van der Waals surface area contributed by atoms with Gasteiger partial charge in [-0.05, 0) is 55.8 Å². The van der Waals surface area contributed by atoms with E-state index >= 15 is 0 Å². The Bertz CT molecular complexity index is 653. The van der Waals surface area contributed by atoms with E-state index in [0.29, 0.717) is 30.2 Å². The van der Waals surface area contributed by atoms with Gasteiger partial charge >= 0.3 is 6.09 Å². The lowest BCUT2D eigenvalue weighted by atomic mass is 9.83. The van der Waals surface area contributed by atoms with Crippen LogP contribution >= 0.6 is 11.6 Å². The fourth-order valence-electron chi connectivity index (χ4n) is 4.39. The molecule has 1 aromatic rings. The van der Waals surface area contributed by atoms with Crippen LogP contribution in [0, 0.1) is 11.7 Å². The Morgan fingerprint density at radius 1 is 1.18 bits per heavy atom. The molecule has 3 rings (SSSR count). The zero-order valence-corrected chi connectivity index (χ0v) is 17.3. The molecule has 1 atom stereocenters. The van der Waals surface area contributed by atoms with Crippen molar-refractivity contribution in [2.45, 2.75) is 44.7 Å². The van der Waals surface area contributed by atoms with Crippen LogP contribution in [0.3, 0.4) is 0 Å². The van der Waals surface area contributed by atoms with E-state index in [-0.39, 0.29) is 11.9 Å². The number of amides is 1. The number of methoxy groups -OCH3 is 1. The standard InChI is InChI=1S/C21H30ClFN2O3/c1-27-12-13-28-21(26)24-10-7-16(8-11-24)20-4-2-3-9-25(20)15-17-5-6-18(23)14-19(17)22/h5-6,14,16,20H,2-4,7-13,15H2,1H3. The van der Waals surface area contributed by atoms with Gasteiger partial charge in [-0.3, -0.25) is 4.90 Å². The fraction of sp³-hybridized carbons (Fsp3) is 0.667. The second-order valence-corrected chi connectivity index (χ2v) is 8.11. The molecule has 5 nitrogen and oxygen atoms in total. The zero-order chi connectivity index (χ0) is 19.9. The third-order valence-electron chi connectivity index (χ3n) is 5.91. The monoisotopic (exact) mass is 412 g/mol. The predicted octanol–water partition coefficient (Wildman–Crippen LogP) is 4.33. The quantitative estimate of drug-likeness (QED) is 0.652. The molecule has 0 saturated carbocycles. The van der Waals surface area contributed by atoms with Gasteiger partial charge < -0.3 is 14.4 Å². The van der Waals surface area contributed by atoms with Crippen molar-refractivity contribution in [2.24, 2.45) is 5.92 Å². The Morgan fingerprint density at radius 2 is 1.96 bits per heavy atom. The first kappa shape index (κ1) is 21.3. The Balaban J connectivity index is 1.55. The summed E-state index contributed by atoms with van der Waals surface area (Å²) in [6.45, 7) is 3.98. The minimum atomic E-state index is -0.297. The average Bonchev–Trinajstić information content (AvgIpc) is 2.71. The Morgan fingerprint density at radius 3 is 2.68 bits per heavy atom. The summed E-state index contributed by atoms with van der Waals surface area (Å²) in [6, 6.07) is 5.15. The highest BCUT2D eigenvalue weighted by molar-refractivity contribution is 6.31. The van der Waals surface area contributed by atoms with E-state index in [9.17, 15) is 9.18 Å². The van der Waals surface area contributed by atoms with Gasteiger partial charge in [0, 0.05) is 37.8 Å². The molecule has 1 amide bonds. The number of carbonyl (C=O) groups excluding carboxylic acids is 1.